The Labute approximate surface area is 160 Å². The molecule has 2 nitrogen and oxygen atoms in total. The van der Waals surface area contributed by atoms with Gasteiger partial charge in [0.15, 0.2) is 0 Å². The maximum absolute atomic E-state index is 6.10. The molecule has 0 saturated carbocycles. The van der Waals surface area contributed by atoms with Crippen LogP contribution in [0.5, 0.6) is 0 Å². The van der Waals surface area contributed by atoms with E-state index in [4.69, 9.17) is 9.16 Å². The van der Waals surface area contributed by atoms with Gasteiger partial charge in [-0.05, 0) is 32.2 Å². The molecule has 1 heterocycles. The molecule has 2 atom stereocenters. The second-order valence-corrected chi connectivity index (χ2v) is 10.6. The highest BCUT2D eigenvalue weighted by Gasteiger charge is 2.22. The van der Waals surface area contributed by atoms with Gasteiger partial charge < -0.3 is 9.16 Å². The summed E-state index contributed by atoms with van der Waals surface area (Å²) in [5, 5.41) is 0. The normalized spacial score (nSPS) is 19.2. The number of hydrogen-bond acceptors (Lipinski definition) is 2. The van der Waals surface area contributed by atoms with Crippen molar-refractivity contribution in [1.82, 2.24) is 0 Å². The van der Waals surface area contributed by atoms with Gasteiger partial charge in [0.05, 0.1) is 5.73 Å². The number of unbranched alkanes of at least 4 members (excludes halogenated alkanes) is 13. The molecule has 1 aliphatic rings. The summed E-state index contributed by atoms with van der Waals surface area (Å²) in [4.78, 5) is 0. The molecule has 0 aromatic heterocycles. The third-order valence-corrected chi connectivity index (χ3v) is 7.95. The molecule has 0 aromatic rings. The second kappa shape index (κ2) is 17.5. The molecule has 1 aliphatic heterocycles. The summed E-state index contributed by atoms with van der Waals surface area (Å²) in [5.74, 6) is 0. The van der Waals surface area contributed by atoms with Gasteiger partial charge in [-0.1, -0.05) is 90.4 Å². The van der Waals surface area contributed by atoms with Crippen molar-refractivity contribution in [3.05, 3.63) is 0 Å². The van der Waals surface area contributed by atoms with Crippen molar-refractivity contribution in [3.63, 3.8) is 0 Å². The second-order valence-electron chi connectivity index (χ2n) is 8.08. The Bertz CT molecular complexity index is 267. The van der Waals surface area contributed by atoms with Gasteiger partial charge in [-0.3, -0.25) is 0 Å². The fraction of sp³-hybridized carbons (Fsp3) is 1.00. The standard InChI is InChI=1S/C22H46O2Si/c1-3-4-5-6-7-8-9-10-11-12-13-14-15-17-21-24-25(2)22-19-16-18-20-23-22/h22,25H,3-21H2,1-2H3. The Balaban J connectivity index is 1.73. The molecule has 0 amide bonds. The van der Waals surface area contributed by atoms with E-state index in [2.05, 4.69) is 13.5 Å². The minimum atomic E-state index is -1.10. The van der Waals surface area contributed by atoms with Crippen molar-refractivity contribution in [2.24, 2.45) is 0 Å². The molecule has 0 radical (unpaired) electrons. The van der Waals surface area contributed by atoms with Crippen LogP contribution in [0.25, 0.3) is 0 Å². The minimum absolute atomic E-state index is 0.486. The molecule has 0 N–H and O–H groups in total. The lowest BCUT2D eigenvalue weighted by molar-refractivity contribution is 0.0506. The molecule has 2 unspecified atom stereocenters. The van der Waals surface area contributed by atoms with Gasteiger partial charge in [0.2, 0.25) is 9.04 Å². The van der Waals surface area contributed by atoms with Crippen LogP contribution in [-0.2, 0) is 9.16 Å². The highest BCUT2D eigenvalue weighted by atomic mass is 28.3. The predicted molar refractivity (Wildman–Crippen MR) is 113 cm³/mol. The Hall–Kier alpha value is 0.137. The molecular formula is C22H46O2Si. The monoisotopic (exact) mass is 370 g/mol. The first-order valence-corrected chi connectivity index (χ1v) is 13.9. The fourth-order valence-corrected chi connectivity index (χ4v) is 5.67. The SMILES string of the molecule is CCCCCCCCCCCCCCCCO[SiH](C)C1CCCCO1. The van der Waals surface area contributed by atoms with Crippen LogP contribution in [0.4, 0.5) is 0 Å². The van der Waals surface area contributed by atoms with Crippen molar-refractivity contribution in [3.8, 4) is 0 Å². The Morgan fingerprint density at radius 3 is 1.76 bits per heavy atom. The van der Waals surface area contributed by atoms with E-state index in [9.17, 15) is 0 Å². The Kier molecular flexibility index (Phi) is 16.3. The van der Waals surface area contributed by atoms with E-state index in [1.165, 1.54) is 109 Å². The molecule has 0 aliphatic carbocycles. The lowest BCUT2D eigenvalue weighted by Crippen LogP contribution is -2.36. The van der Waals surface area contributed by atoms with E-state index in [1.54, 1.807) is 0 Å². The van der Waals surface area contributed by atoms with Crippen LogP contribution in [0, 0.1) is 0 Å². The summed E-state index contributed by atoms with van der Waals surface area (Å²) in [6.45, 7) is 6.55. The average Bonchev–Trinajstić information content (AvgIpc) is 2.65. The first kappa shape index (κ1) is 23.2. The summed E-state index contributed by atoms with van der Waals surface area (Å²) in [6, 6.07) is 0. The van der Waals surface area contributed by atoms with Gasteiger partial charge >= 0.3 is 0 Å². The maximum atomic E-state index is 6.10. The van der Waals surface area contributed by atoms with Crippen molar-refractivity contribution < 1.29 is 9.16 Å². The van der Waals surface area contributed by atoms with E-state index < -0.39 is 9.04 Å². The largest absolute Gasteiger partial charge is 0.418 e. The Morgan fingerprint density at radius 1 is 0.760 bits per heavy atom. The van der Waals surface area contributed by atoms with E-state index in [1.807, 2.05) is 0 Å². The predicted octanol–water partition coefficient (Wildman–Crippen LogP) is 6.95. The van der Waals surface area contributed by atoms with E-state index in [0.29, 0.717) is 5.73 Å². The third-order valence-electron chi connectivity index (χ3n) is 5.62. The van der Waals surface area contributed by atoms with Crippen molar-refractivity contribution in [2.75, 3.05) is 13.2 Å². The van der Waals surface area contributed by atoms with Gasteiger partial charge in [-0.2, -0.15) is 0 Å². The maximum Gasteiger partial charge on any atom is 0.202 e. The molecule has 1 rings (SSSR count). The summed E-state index contributed by atoms with van der Waals surface area (Å²) in [6.07, 6.45) is 23.7. The van der Waals surface area contributed by atoms with Gasteiger partial charge in [-0.25, -0.2) is 0 Å². The molecule has 3 heteroatoms. The van der Waals surface area contributed by atoms with Gasteiger partial charge in [0.1, 0.15) is 0 Å². The lowest BCUT2D eigenvalue weighted by atomic mass is 10.0. The zero-order valence-electron chi connectivity index (χ0n) is 17.4. The molecule has 25 heavy (non-hydrogen) atoms. The van der Waals surface area contributed by atoms with E-state index in [-0.39, 0.29) is 0 Å². The molecule has 1 saturated heterocycles. The summed E-state index contributed by atoms with van der Waals surface area (Å²) in [5.41, 5.74) is 0.486. The van der Waals surface area contributed by atoms with Gasteiger partial charge in [0, 0.05) is 13.2 Å². The molecule has 150 valence electrons. The van der Waals surface area contributed by atoms with E-state index in [0.717, 1.165) is 13.2 Å². The number of hydrogen-bond donors (Lipinski definition) is 0. The molecule has 0 spiro atoms. The summed E-state index contributed by atoms with van der Waals surface area (Å²) < 4.78 is 12.0. The topological polar surface area (TPSA) is 18.5 Å². The van der Waals surface area contributed by atoms with Crippen LogP contribution < -0.4 is 0 Å². The van der Waals surface area contributed by atoms with Crippen molar-refractivity contribution in [2.45, 2.75) is 128 Å². The van der Waals surface area contributed by atoms with Crippen LogP contribution in [-0.4, -0.2) is 28.0 Å². The third kappa shape index (κ3) is 13.9. The zero-order chi connectivity index (χ0) is 18.0. The Morgan fingerprint density at radius 2 is 1.28 bits per heavy atom. The van der Waals surface area contributed by atoms with E-state index >= 15 is 0 Å². The minimum Gasteiger partial charge on any atom is -0.418 e. The van der Waals surface area contributed by atoms with Crippen LogP contribution in [0.1, 0.15) is 116 Å². The van der Waals surface area contributed by atoms with Gasteiger partial charge in [-0.15, -0.1) is 0 Å². The molecule has 0 bridgehead atoms. The highest BCUT2D eigenvalue weighted by Crippen LogP contribution is 2.16. The molecule has 0 aromatic carbocycles. The molecule has 1 fully saturated rings. The first-order valence-electron chi connectivity index (χ1n) is 11.6. The van der Waals surface area contributed by atoms with Crippen LogP contribution >= 0.6 is 0 Å². The molecular weight excluding hydrogens is 324 g/mol. The number of rotatable bonds is 17. The summed E-state index contributed by atoms with van der Waals surface area (Å²) in [7, 11) is -1.10. The van der Waals surface area contributed by atoms with Crippen LogP contribution in [0.3, 0.4) is 0 Å². The highest BCUT2D eigenvalue weighted by molar-refractivity contribution is 6.51. The quantitative estimate of drug-likeness (QED) is 0.204. The van der Waals surface area contributed by atoms with Crippen molar-refractivity contribution in [1.29, 1.82) is 0 Å². The summed E-state index contributed by atoms with van der Waals surface area (Å²) >= 11 is 0. The van der Waals surface area contributed by atoms with Crippen LogP contribution in [0.15, 0.2) is 0 Å². The number of ether oxygens (including phenoxy) is 1. The average molecular weight is 371 g/mol. The lowest BCUT2D eigenvalue weighted by Gasteiger charge is -2.26. The van der Waals surface area contributed by atoms with Crippen molar-refractivity contribution >= 4 is 9.04 Å². The zero-order valence-corrected chi connectivity index (χ0v) is 18.6. The fourth-order valence-electron chi connectivity index (χ4n) is 3.81. The van der Waals surface area contributed by atoms with Gasteiger partial charge in [0.25, 0.3) is 0 Å². The van der Waals surface area contributed by atoms with Crippen LogP contribution in [0.2, 0.25) is 6.55 Å². The first-order chi connectivity index (χ1) is 12.3. The smallest absolute Gasteiger partial charge is 0.202 e.